The number of esters is 1. The predicted molar refractivity (Wildman–Crippen MR) is 131 cm³/mol. The molecule has 1 unspecified atom stereocenters. The fourth-order valence-electron chi connectivity index (χ4n) is 4.19. The molecule has 1 fully saturated rings. The van der Waals surface area contributed by atoms with Gasteiger partial charge in [0.15, 0.2) is 11.3 Å². The van der Waals surface area contributed by atoms with Crippen LogP contribution in [0, 0.1) is 5.82 Å². The Hall–Kier alpha value is -2.99. The summed E-state index contributed by atoms with van der Waals surface area (Å²) in [6.07, 6.45) is 3.44. The Labute approximate surface area is 203 Å². The molecule has 4 rings (SSSR count). The summed E-state index contributed by atoms with van der Waals surface area (Å²) in [6, 6.07) is 7.67. The number of hydrogen-bond donors (Lipinski definition) is 3. The van der Waals surface area contributed by atoms with E-state index < -0.39 is 33.3 Å². The van der Waals surface area contributed by atoms with Gasteiger partial charge in [0.05, 0.1) is 12.1 Å². The van der Waals surface area contributed by atoms with Crippen molar-refractivity contribution in [2.24, 2.45) is 0 Å². The fraction of sp³-hybridized carbons (Fsp3) is 0.375. The second-order valence-corrected chi connectivity index (χ2v) is 11.3. The van der Waals surface area contributed by atoms with Crippen LogP contribution < -0.4 is 5.56 Å². The van der Waals surface area contributed by atoms with Crippen LogP contribution in [0.3, 0.4) is 0 Å². The number of benzene rings is 1. The lowest BCUT2D eigenvalue weighted by Crippen LogP contribution is -2.36. The molecule has 0 spiro atoms. The zero-order valence-corrected chi connectivity index (χ0v) is 20.1. The molecule has 0 aliphatic carbocycles. The Bertz CT molecular complexity index is 1300. The van der Waals surface area contributed by atoms with E-state index in [4.69, 9.17) is 4.74 Å². The maximum atomic E-state index is 13.4. The summed E-state index contributed by atoms with van der Waals surface area (Å²) in [5.41, 5.74) is 0.561. The summed E-state index contributed by atoms with van der Waals surface area (Å²) in [5.74, 6) is -1.38. The summed E-state index contributed by atoms with van der Waals surface area (Å²) in [6.45, 7) is 1.94. The first-order chi connectivity index (χ1) is 16.7. The zero-order chi connectivity index (χ0) is 25.2. The number of halogens is 1. The fourth-order valence-corrected chi connectivity index (χ4v) is 6.43. The number of aryl methyl sites for hydroxylation is 1. The summed E-state index contributed by atoms with van der Waals surface area (Å²) in [5, 5.41) is 21.0. The number of ether oxygens (including phenoxy) is 1. The van der Waals surface area contributed by atoms with Gasteiger partial charge in [-0.2, -0.15) is 0 Å². The highest BCUT2D eigenvalue weighted by molar-refractivity contribution is 8.27. The number of aromatic nitrogens is 2. The van der Waals surface area contributed by atoms with Gasteiger partial charge in [0.25, 0.3) is 5.56 Å². The molecule has 3 heterocycles. The van der Waals surface area contributed by atoms with Crippen LogP contribution in [0.5, 0.6) is 5.75 Å². The SMILES string of the molecule is CCOC(=O)c1c(O)c2ncc(Cc3ccc(F)cc3)cc2n(CCS2(O)CCCCN2O)c1=O. The highest BCUT2D eigenvalue weighted by Crippen LogP contribution is 2.49. The van der Waals surface area contributed by atoms with Crippen molar-refractivity contribution in [1.29, 1.82) is 0 Å². The van der Waals surface area contributed by atoms with Crippen LogP contribution in [-0.2, 0) is 17.7 Å². The average molecular weight is 506 g/mol. The third-order valence-electron chi connectivity index (χ3n) is 6.04. The van der Waals surface area contributed by atoms with Crippen molar-refractivity contribution in [2.45, 2.75) is 32.7 Å². The third-order valence-corrected chi connectivity index (χ3v) is 8.79. The summed E-state index contributed by atoms with van der Waals surface area (Å²) >= 11 is 0. The van der Waals surface area contributed by atoms with Crippen LogP contribution in [0.15, 0.2) is 41.3 Å². The van der Waals surface area contributed by atoms with E-state index in [1.54, 1.807) is 25.1 Å². The minimum Gasteiger partial charge on any atom is -0.505 e. The number of carbonyl (C=O) groups excluding carboxylic acids is 1. The molecule has 3 aromatic rings. The van der Waals surface area contributed by atoms with Gasteiger partial charge in [-0.05, 0) is 55.5 Å². The van der Waals surface area contributed by atoms with Crippen LogP contribution in [0.4, 0.5) is 4.39 Å². The zero-order valence-electron chi connectivity index (χ0n) is 19.3. The second-order valence-electron chi connectivity index (χ2n) is 8.41. The van der Waals surface area contributed by atoms with Crippen molar-refractivity contribution in [1.82, 2.24) is 14.0 Å². The molecule has 3 N–H and O–H groups in total. The van der Waals surface area contributed by atoms with Gasteiger partial charge < -0.3 is 24.2 Å². The number of hydroxylamine groups is 1. The molecule has 1 atom stereocenters. The van der Waals surface area contributed by atoms with Crippen molar-refractivity contribution in [3.63, 3.8) is 0 Å². The summed E-state index contributed by atoms with van der Waals surface area (Å²) in [7, 11) is -2.52. The van der Waals surface area contributed by atoms with E-state index in [0.717, 1.165) is 22.9 Å². The summed E-state index contributed by atoms with van der Waals surface area (Å²) < 4.78 is 31.5. The van der Waals surface area contributed by atoms with Crippen molar-refractivity contribution >= 4 is 27.5 Å². The van der Waals surface area contributed by atoms with E-state index in [2.05, 4.69) is 4.98 Å². The van der Waals surface area contributed by atoms with Gasteiger partial charge >= 0.3 is 5.97 Å². The van der Waals surface area contributed by atoms with E-state index in [0.29, 0.717) is 24.3 Å². The predicted octanol–water partition coefficient (Wildman–Crippen LogP) is 3.69. The largest absolute Gasteiger partial charge is 0.505 e. The first-order valence-corrected chi connectivity index (χ1v) is 13.3. The Balaban J connectivity index is 1.79. The normalized spacial score (nSPS) is 20.5. The molecule has 35 heavy (non-hydrogen) atoms. The molecule has 0 radical (unpaired) electrons. The van der Waals surface area contributed by atoms with Crippen molar-refractivity contribution in [3.8, 4) is 5.75 Å². The highest BCUT2D eigenvalue weighted by Gasteiger charge is 2.32. The Morgan fingerprint density at radius 1 is 1.23 bits per heavy atom. The van der Waals surface area contributed by atoms with Crippen molar-refractivity contribution < 1.29 is 28.8 Å². The number of carbonyl (C=O) groups is 1. The van der Waals surface area contributed by atoms with Gasteiger partial charge in [-0.15, -0.1) is 4.47 Å². The molecule has 0 bridgehead atoms. The van der Waals surface area contributed by atoms with E-state index in [1.165, 1.54) is 22.9 Å². The Morgan fingerprint density at radius 2 is 1.97 bits per heavy atom. The van der Waals surface area contributed by atoms with Gasteiger partial charge in [-0.25, -0.2) is 9.18 Å². The standard InChI is InChI=1S/C24H28FN3O6S/c1-2-34-24(31)20-22(29)21-19(14-17(15-26-21)13-16-5-7-18(25)8-6-16)27(23(20)30)10-12-35(33)11-4-3-9-28(35)32/h5-8,14-15,29,32-33H,2-4,9-13H2,1H3. The topological polar surface area (TPSA) is 125 Å². The maximum absolute atomic E-state index is 13.4. The van der Waals surface area contributed by atoms with E-state index in [9.17, 15) is 28.8 Å². The second kappa shape index (κ2) is 10.3. The lowest BCUT2D eigenvalue weighted by molar-refractivity contribution is -0.00403. The lowest BCUT2D eigenvalue weighted by Gasteiger charge is -2.43. The molecule has 9 nitrogen and oxygen atoms in total. The van der Waals surface area contributed by atoms with E-state index in [-0.39, 0.29) is 35.8 Å². The molecule has 1 aromatic carbocycles. The molecule has 1 saturated heterocycles. The average Bonchev–Trinajstić information content (AvgIpc) is 2.83. The minimum atomic E-state index is -2.52. The quantitative estimate of drug-likeness (QED) is 0.415. The van der Waals surface area contributed by atoms with Gasteiger partial charge in [0.2, 0.25) is 0 Å². The Morgan fingerprint density at radius 3 is 2.66 bits per heavy atom. The first-order valence-electron chi connectivity index (χ1n) is 11.4. The van der Waals surface area contributed by atoms with Crippen LogP contribution in [0.25, 0.3) is 11.0 Å². The number of fused-ring (bicyclic) bond motifs is 1. The van der Waals surface area contributed by atoms with Crippen LogP contribution in [-0.4, -0.2) is 59.5 Å². The smallest absolute Gasteiger partial charge is 0.347 e. The van der Waals surface area contributed by atoms with Crippen LogP contribution >= 0.6 is 10.5 Å². The molecule has 1 aliphatic heterocycles. The van der Waals surface area contributed by atoms with Gasteiger partial charge in [0.1, 0.15) is 11.3 Å². The van der Waals surface area contributed by atoms with Crippen LogP contribution in [0.2, 0.25) is 0 Å². The highest BCUT2D eigenvalue weighted by atomic mass is 32.3. The molecule has 1 aliphatic rings. The van der Waals surface area contributed by atoms with Gasteiger partial charge in [0, 0.05) is 30.8 Å². The van der Waals surface area contributed by atoms with Gasteiger partial charge in [-0.3, -0.25) is 9.78 Å². The molecule has 188 valence electrons. The van der Waals surface area contributed by atoms with Gasteiger partial charge in [-0.1, -0.05) is 22.6 Å². The third kappa shape index (κ3) is 5.18. The number of aromatic hydroxyl groups is 1. The number of nitrogens with zero attached hydrogens (tertiary/aromatic N) is 3. The molecule has 0 amide bonds. The summed E-state index contributed by atoms with van der Waals surface area (Å²) in [4.78, 5) is 30.2. The number of hydrogen-bond acceptors (Lipinski definition) is 8. The minimum absolute atomic E-state index is 0.00735. The molecular weight excluding hydrogens is 477 g/mol. The molecule has 0 saturated carbocycles. The maximum Gasteiger partial charge on any atom is 0.347 e. The van der Waals surface area contributed by atoms with Crippen molar-refractivity contribution in [2.75, 3.05) is 24.7 Å². The van der Waals surface area contributed by atoms with Crippen molar-refractivity contribution in [3.05, 3.63) is 69.4 Å². The van der Waals surface area contributed by atoms with Crippen LogP contribution in [0.1, 0.15) is 41.3 Å². The number of pyridine rings is 2. The monoisotopic (exact) mass is 505 g/mol. The lowest BCUT2D eigenvalue weighted by atomic mass is 10.1. The molecule has 2 aromatic heterocycles. The number of rotatable bonds is 7. The van der Waals surface area contributed by atoms with E-state index in [1.807, 2.05) is 0 Å². The molecular formula is C24H28FN3O6S. The first kappa shape index (κ1) is 25.1. The molecule has 11 heteroatoms. The van der Waals surface area contributed by atoms with E-state index >= 15 is 0 Å². The Kier molecular flexibility index (Phi) is 7.41.